The van der Waals surface area contributed by atoms with Crippen LogP contribution in [0.1, 0.15) is 41.0 Å². The van der Waals surface area contributed by atoms with Crippen LogP contribution in [0.3, 0.4) is 0 Å². The molecule has 2 aliphatic rings. The minimum atomic E-state index is -0.212. The van der Waals surface area contributed by atoms with Crippen molar-refractivity contribution >= 4 is 23.3 Å². The van der Waals surface area contributed by atoms with Crippen LogP contribution in [0.5, 0.6) is 0 Å². The lowest BCUT2D eigenvalue weighted by Gasteiger charge is -2.15. The van der Waals surface area contributed by atoms with Crippen molar-refractivity contribution in [3.8, 4) is 5.69 Å². The van der Waals surface area contributed by atoms with E-state index in [4.69, 9.17) is 5.10 Å². The van der Waals surface area contributed by atoms with Crippen molar-refractivity contribution in [1.82, 2.24) is 15.1 Å². The smallest absolute Gasteiger partial charge is 0.321 e. The predicted molar refractivity (Wildman–Crippen MR) is 120 cm³/mol. The molecule has 0 spiro atoms. The largest absolute Gasteiger partial charge is 0.336 e. The number of carbonyl (C=O) groups excluding carboxylic acids is 2. The standard InChI is InChI=1S/C24H25N5O2/c30-23(26-17-8-7-11-19(16-17)28-15-14-25-24(28)31)22-20-12-5-2-6-13-21(20)29(27-22)18-9-3-1-4-10-18/h1,3-4,7-11,16H,2,5-6,12-15H2,(H,25,31)(H,26,30). The summed E-state index contributed by atoms with van der Waals surface area (Å²) in [5.41, 5.74) is 5.07. The summed E-state index contributed by atoms with van der Waals surface area (Å²) < 4.78 is 1.93. The fourth-order valence-corrected chi connectivity index (χ4v) is 4.40. The molecule has 0 radical (unpaired) electrons. The zero-order valence-electron chi connectivity index (χ0n) is 17.3. The molecule has 7 heteroatoms. The van der Waals surface area contributed by atoms with Gasteiger partial charge in [0.1, 0.15) is 0 Å². The molecule has 31 heavy (non-hydrogen) atoms. The Kier molecular flexibility index (Phi) is 5.16. The third-order valence-corrected chi connectivity index (χ3v) is 5.92. The molecule has 2 N–H and O–H groups in total. The van der Waals surface area contributed by atoms with Gasteiger partial charge in [0.05, 0.1) is 5.69 Å². The molecule has 1 fully saturated rings. The second-order valence-corrected chi connectivity index (χ2v) is 7.97. The van der Waals surface area contributed by atoms with Crippen molar-refractivity contribution in [2.75, 3.05) is 23.3 Å². The Balaban J connectivity index is 1.46. The van der Waals surface area contributed by atoms with Crippen LogP contribution in [0.25, 0.3) is 5.69 Å². The summed E-state index contributed by atoms with van der Waals surface area (Å²) >= 11 is 0. The van der Waals surface area contributed by atoms with Crippen LogP contribution in [-0.2, 0) is 12.8 Å². The van der Waals surface area contributed by atoms with Crippen LogP contribution in [0.2, 0.25) is 0 Å². The van der Waals surface area contributed by atoms with Gasteiger partial charge in [-0.1, -0.05) is 30.7 Å². The summed E-state index contributed by atoms with van der Waals surface area (Å²) in [7, 11) is 0. The molecule has 0 saturated carbocycles. The Morgan fingerprint density at radius 3 is 2.58 bits per heavy atom. The first-order chi connectivity index (χ1) is 15.2. The second-order valence-electron chi connectivity index (χ2n) is 7.97. The van der Waals surface area contributed by atoms with Gasteiger partial charge in [0.25, 0.3) is 5.91 Å². The van der Waals surface area contributed by atoms with Gasteiger partial charge >= 0.3 is 6.03 Å². The van der Waals surface area contributed by atoms with E-state index in [1.807, 2.05) is 59.3 Å². The first-order valence-electron chi connectivity index (χ1n) is 10.8. The summed E-state index contributed by atoms with van der Waals surface area (Å²) in [6, 6.07) is 17.3. The molecule has 3 amide bonds. The molecule has 0 unspecified atom stereocenters. The van der Waals surface area contributed by atoms with Crippen LogP contribution in [-0.4, -0.2) is 34.8 Å². The molecule has 0 bridgehead atoms. The van der Waals surface area contributed by atoms with E-state index in [1.54, 1.807) is 4.90 Å². The molecule has 7 nitrogen and oxygen atoms in total. The van der Waals surface area contributed by atoms with Crippen LogP contribution in [0.15, 0.2) is 54.6 Å². The number of rotatable bonds is 4. The van der Waals surface area contributed by atoms with Crippen molar-refractivity contribution in [2.24, 2.45) is 0 Å². The Morgan fingerprint density at radius 2 is 1.77 bits per heavy atom. The van der Waals surface area contributed by atoms with Gasteiger partial charge in [0.2, 0.25) is 0 Å². The number of aromatic nitrogens is 2. The zero-order valence-corrected chi connectivity index (χ0v) is 17.3. The number of anilines is 2. The zero-order chi connectivity index (χ0) is 21.2. The monoisotopic (exact) mass is 415 g/mol. The quantitative estimate of drug-likeness (QED) is 0.634. The Labute approximate surface area is 181 Å². The maximum absolute atomic E-state index is 13.3. The van der Waals surface area contributed by atoms with Gasteiger partial charge in [0.15, 0.2) is 5.69 Å². The van der Waals surface area contributed by atoms with E-state index in [2.05, 4.69) is 10.6 Å². The number of nitrogens with zero attached hydrogens (tertiary/aromatic N) is 3. The molecule has 1 aromatic heterocycles. The summed E-state index contributed by atoms with van der Waals surface area (Å²) in [4.78, 5) is 26.9. The van der Waals surface area contributed by atoms with E-state index in [0.717, 1.165) is 54.7 Å². The average Bonchev–Trinajstić information content (AvgIpc) is 3.30. The third kappa shape index (κ3) is 3.79. The lowest BCUT2D eigenvalue weighted by atomic mass is 10.1. The number of nitrogens with one attached hydrogen (secondary N) is 2. The normalized spacial score (nSPS) is 15.9. The molecule has 1 aliphatic carbocycles. The van der Waals surface area contributed by atoms with Crippen molar-refractivity contribution in [3.05, 3.63) is 71.5 Å². The maximum atomic E-state index is 13.3. The Morgan fingerprint density at radius 1 is 0.968 bits per heavy atom. The number of hydrogen-bond donors (Lipinski definition) is 2. The highest BCUT2D eigenvalue weighted by atomic mass is 16.2. The van der Waals surface area contributed by atoms with Crippen molar-refractivity contribution < 1.29 is 9.59 Å². The fraction of sp³-hybridized carbons (Fsp3) is 0.292. The molecular weight excluding hydrogens is 390 g/mol. The van der Waals surface area contributed by atoms with Gasteiger partial charge < -0.3 is 10.6 Å². The van der Waals surface area contributed by atoms with Gasteiger partial charge in [-0.25, -0.2) is 9.48 Å². The van der Waals surface area contributed by atoms with Crippen molar-refractivity contribution in [1.29, 1.82) is 0 Å². The van der Waals surface area contributed by atoms with Gasteiger partial charge in [-0.3, -0.25) is 9.69 Å². The minimum Gasteiger partial charge on any atom is -0.336 e. The van der Waals surface area contributed by atoms with Crippen molar-refractivity contribution in [2.45, 2.75) is 32.1 Å². The summed E-state index contributed by atoms with van der Waals surface area (Å²) in [5.74, 6) is -0.212. The number of carbonyl (C=O) groups is 2. The molecule has 2 aromatic carbocycles. The summed E-state index contributed by atoms with van der Waals surface area (Å²) in [6.45, 7) is 1.24. The van der Waals surface area contributed by atoms with Gasteiger partial charge in [-0.15, -0.1) is 0 Å². The molecule has 2 heterocycles. The number of amides is 3. The first-order valence-corrected chi connectivity index (χ1v) is 10.8. The lowest BCUT2D eigenvalue weighted by Crippen LogP contribution is -2.27. The predicted octanol–water partition coefficient (Wildman–Crippen LogP) is 3.92. The van der Waals surface area contributed by atoms with E-state index in [9.17, 15) is 9.59 Å². The maximum Gasteiger partial charge on any atom is 0.321 e. The molecular formula is C24H25N5O2. The molecule has 5 rings (SSSR count). The number of urea groups is 1. The van der Waals surface area contributed by atoms with Gasteiger partial charge in [-0.2, -0.15) is 5.10 Å². The molecule has 3 aromatic rings. The number of benzene rings is 2. The first kappa shape index (κ1) is 19.4. The second kappa shape index (κ2) is 8.26. The number of hydrogen-bond acceptors (Lipinski definition) is 3. The van der Waals surface area contributed by atoms with Gasteiger partial charge in [0, 0.05) is 35.7 Å². The molecule has 0 atom stereocenters. The minimum absolute atomic E-state index is 0.115. The number of para-hydroxylation sites is 1. The van der Waals surface area contributed by atoms with E-state index < -0.39 is 0 Å². The molecule has 158 valence electrons. The van der Waals surface area contributed by atoms with E-state index in [-0.39, 0.29) is 11.9 Å². The topological polar surface area (TPSA) is 79.3 Å². The van der Waals surface area contributed by atoms with E-state index >= 15 is 0 Å². The third-order valence-electron chi connectivity index (χ3n) is 5.92. The van der Waals surface area contributed by atoms with Crippen LogP contribution >= 0.6 is 0 Å². The average molecular weight is 415 g/mol. The fourth-order valence-electron chi connectivity index (χ4n) is 4.40. The highest BCUT2D eigenvalue weighted by molar-refractivity contribution is 6.04. The number of fused-ring (bicyclic) bond motifs is 1. The molecule has 1 aliphatic heterocycles. The van der Waals surface area contributed by atoms with Crippen LogP contribution in [0.4, 0.5) is 16.2 Å². The molecule has 1 saturated heterocycles. The van der Waals surface area contributed by atoms with E-state index in [0.29, 0.717) is 24.5 Å². The SMILES string of the molecule is O=C(Nc1cccc(N2CCNC2=O)c1)c1nn(-c2ccccc2)c2c1CCCCC2. The van der Waals surface area contributed by atoms with E-state index in [1.165, 1.54) is 0 Å². The summed E-state index contributed by atoms with van der Waals surface area (Å²) in [5, 5.41) is 10.5. The highest BCUT2D eigenvalue weighted by Gasteiger charge is 2.25. The Bertz CT molecular complexity index is 1120. The van der Waals surface area contributed by atoms with Crippen LogP contribution < -0.4 is 15.5 Å². The Hall–Kier alpha value is -3.61. The highest BCUT2D eigenvalue weighted by Crippen LogP contribution is 2.28. The summed E-state index contributed by atoms with van der Waals surface area (Å²) in [6.07, 6.45) is 5.10. The lowest BCUT2D eigenvalue weighted by molar-refractivity contribution is 0.102. The van der Waals surface area contributed by atoms with Crippen LogP contribution in [0, 0.1) is 0 Å². The van der Waals surface area contributed by atoms with Gasteiger partial charge in [-0.05, 0) is 56.0 Å². The van der Waals surface area contributed by atoms with Crippen molar-refractivity contribution in [3.63, 3.8) is 0 Å².